The number of nitrogens with zero attached hydrogens (tertiary/aromatic N) is 1. The number of rotatable bonds is 7. The highest BCUT2D eigenvalue weighted by Crippen LogP contribution is 2.66. The maximum atomic E-state index is 12.4. The van der Waals surface area contributed by atoms with Gasteiger partial charge in [0, 0.05) is 12.5 Å². The summed E-state index contributed by atoms with van der Waals surface area (Å²) < 4.78 is 0. The summed E-state index contributed by atoms with van der Waals surface area (Å²) in [6.45, 7) is 6.92. The van der Waals surface area contributed by atoms with Crippen LogP contribution in [0, 0.1) is 34.5 Å². The molecule has 3 saturated carbocycles. The summed E-state index contributed by atoms with van der Waals surface area (Å²) in [6.07, 6.45) is 11.6. The lowest BCUT2D eigenvalue weighted by Crippen LogP contribution is -2.51. The van der Waals surface area contributed by atoms with Crippen molar-refractivity contribution in [2.45, 2.75) is 78.6 Å². The highest BCUT2D eigenvalue weighted by atomic mass is 16.6. The lowest BCUT2D eigenvalue weighted by atomic mass is 9.46. The molecule has 4 aliphatic rings. The second-order valence-electron chi connectivity index (χ2n) is 12.6. The Morgan fingerprint density at radius 3 is 2.63 bits per heavy atom. The lowest BCUT2D eigenvalue weighted by Gasteiger charge is -2.58. The highest BCUT2D eigenvalue weighted by molar-refractivity contribution is 5.96. The van der Waals surface area contributed by atoms with Gasteiger partial charge in [-0.25, -0.2) is 0 Å². The van der Waals surface area contributed by atoms with Crippen LogP contribution >= 0.6 is 0 Å². The van der Waals surface area contributed by atoms with Gasteiger partial charge in [0.2, 0.25) is 0 Å². The summed E-state index contributed by atoms with van der Waals surface area (Å²) in [5.74, 6) is 2.14. The number of hydrogen-bond acceptors (Lipinski definition) is 6. The molecule has 38 heavy (non-hydrogen) atoms. The number of aromatic hydroxyl groups is 2. The van der Waals surface area contributed by atoms with Gasteiger partial charge in [0.05, 0.1) is 5.71 Å². The van der Waals surface area contributed by atoms with Gasteiger partial charge in [-0.15, -0.1) is 0 Å². The first-order valence-electron chi connectivity index (χ1n) is 14.3. The zero-order valence-corrected chi connectivity index (χ0v) is 23.0. The molecule has 1 aromatic carbocycles. The number of phenolic OH excluding ortho intramolecular Hbond substituents is 2. The zero-order chi connectivity index (χ0) is 27.1. The fourth-order valence-electron chi connectivity index (χ4n) is 8.61. The highest BCUT2D eigenvalue weighted by Gasteiger charge is 2.59. The smallest absolute Gasteiger partial charge is 0.260 e. The van der Waals surface area contributed by atoms with Crippen molar-refractivity contribution in [2.24, 2.45) is 39.7 Å². The summed E-state index contributed by atoms with van der Waals surface area (Å²) in [4.78, 5) is 30.0. The molecule has 0 radical (unpaired) electrons. The normalized spacial score (nSPS) is 35.0. The van der Waals surface area contributed by atoms with E-state index in [1.54, 1.807) is 13.0 Å². The van der Waals surface area contributed by atoms with Gasteiger partial charge < -0.3 is 20.4 Å². The first kappa shape index (κ1) is 26.8. The monoisotopic (exact) mass is 522 g/mol. The van der Waals surface area contributed by atoms with E-state index in [0.717, 1.165) is 37.0 Å². The van der Waals surface area contributed by atoms with Gasteiger partial charge in [-0.1, -0.05) is 30.6 Å². The van der Waals surface area contributed by atoms with Gasteiger partial charge >= 0.3 is 0 Å². The first-order chi connectivity index (χ1) is 18.1. The Bertz CT molecular complexity index is 1160. The van der Waals surface area contributed by atoms with E-state index in [1.807, 2.05) is 0 Å². The van der Waals surface area contributed by atoms with Gasteiger partial charge in [0.25, 0.3) is 5.91 Å². The summed E-state index contributed by atoms with van der Waals surface area (Å²) in [5, 5.41) is 26.1. The number of hydrogen-bond donors (Lipinski definition) is 3. The Morgan fingerprint density at radius 1 is 1.05 bits per heavy atom. The Labute approximate surface area is 225 Å². The number of allylic oxidation sites excluding steroid dienone is 2. The van der Waals surface area contributed by atoms with Crippen molar-refractivity contribution in [3.05, 3.63) is 35.4 Å². The van der Waals surface area contributed by atoms with Crippen LogP contribution in [0.15, 0.2) is 35.0 Å². The minimum atomic E-state index is -0.239. The molecule has 3 N–H and O–H groups in total. The van der Waals surface area contributed by atoms with E-state index in [2.05, 4.69) is 30.4 Å². The number of carbonyl (C=O) groups excluding carboxylic acids is 2. The fourth-order valence-corrected chi connectivity index (χ4v) is 8.61. The van der Waals surface area contributed by atoms with Crippen LogP contribution in [-0.4, -0.2) is 40.8 Å². The molecule has 6 atom stereocenters. The maximum absolute atomic E-state index is 12.4. The largest absolute Gasteiger partial charge is 0.504 e. The third-order valence-corrected chi connectivity index (χ3v) is 10.6. The van der Waals surface area contributed by atoms with Gasteiger partial charge in [0.15, 0.2) is 18.1 Å². The molecule has 4 aliphatic carbocycles. The van der Waals surface area contributed by atoms with Crippen LogP contribution in [0.25, 0.3) is 0 Å². The van der Waals surface area contributed by atoms with E-state index in [-0.39, 0.29) is 40.8 Å². The van der Waals surface area contributed by atoms with Gasteiger partial charge in [-0.05, 0) is 117 Å². The summed E-state index contributed by atoms with van der Waals surface area (Å²) in [5.41, 5.74) is 3.60. The van der Waals surface area contributed by atoms with Crippen molar-refractivity contribution in [3.8, 4) is 11.5 Å². The number of nitrogens with one attached hydrogen (secondary N) is 1. The number of carbonyl (C=O) groups is 2. The van der Waals surface area contributed by atoms with Gasteiger partial charge in [-0.2, -0.15) is 0 Å². The first-order valence-corrected chi connectivity index (χ1v) is 14.3. The number of amides is 1. The predicted octanol–water partition coefficient (Wildman–Crippen LogP) is 5.30. The van der Waals surface area contributed by atoms with Gasteiger partial charge in [0.1, 0.15) is 5.78 Å². The Morgan fingerprint density at radius 2 is 1.87 bits per heavy atom. The molecule has 7 heteroatoms. The van der Waals surface area contributed by atoms with Crippen LogP contribution < -0.4 is 5.32 Å². The molecule has 7 nitrogen and oxygen atoms in total. The number of oxime groups is 1. The molecule has 3 fully saturated rings. The molecular weight excluding hydrogens is 480 g/mol. The molecule has 206 valence electrons. The molecule has 5 rings (SSSR count). The number of phenols is 2. The minimum absolute atomic E-state index is 0.132. The van der Waals surface area contributed by atoms with Crippen LogP contribution in [-0.2, 0) is 20.8 Å². The fraction of sp³-hybridized carbons (Fsp3) is 0.645. The van der Waals surface area contributed by atoms with Crippen molar-refractivity contribution >= 4 is 17.4 Å². The van der Waals surface area contributed by atoms with E-state index in [0.29, 0.717) is 36.5 Å². The van der Waals surface area contributed by atoms with Crippen molar-refractivity contribution in [2.75, 3.05) is 13.2 Å². The standard InChI is InChI=1S/C31H42N2O5/c1-19(34)24-7-8-25-23-6-5-21-17-22(10-13-30(21,2)26(23)11-14-31(24,25)3)33-38-18-29(37)32-15-12-20-4-9-27(35)28(36)16-20/h4,9,16-17,23-26,35-36H,5-8,10-15,18H2,1-3H3,(H,32,37). The van der Waals surface area contributed by atoms with Crippen LogP contribution in [0.1, 0.15) is 77.7 Å². The van der Waals surface area contributed by atoms with E-state index < -0.39 is 0 Å². The summed E-state index contributed by atoms with van der Waals surface area (Å²) >= 11 is 0. The third-order valence-electron chi connectivity index (χ3n) is 10.6. The molecule has 0 aliphatic heterocycles. The van der Waals surface area contributed by atoms with Crippen molar-refractivity contribution in [1.29, 1.82) is 0 Å². The molecule has 6 unspecified atom stereocenters. The molecule has 0 spiro atoms. The Balaban J connectivity index is 1.14. The van der Waals surface area contributed by atoms with E-state index in [9.17, 15) is 19.8 Å². The topological polar surface area (TPSA) is 108 Å². The summed E-state index contributed by atoms with van der Waals surface area (Å²) in [7, 11) is 0. The third kappa shape index (κ3) is 4.85. The second kappa shape index (κ2) is 10.4. The predicted molar refractivity (Wildman–Crippen MR) is 146 cm³/mol. The average Bonchev–Trinajstić information content (AvgIpc) is 3.24. The zero-order valence-electron chi connectivity index (χ0n) is 23.0. The summed E-state index contributed by atoms with van der Waals surface area (Å²) in [6, 6.07) is 4.64. The Hall–Kier alpha value is -2.83. The van der Waals surface area contributed by atoms with E-state index in [1.165, 1.54) is 43.4 Å². The van der Waals surface area contributed by atoms with Crippen LogP contribution in [0.3, 0.4) is 0 Å². The van der Waals surface area contributed by atoms with Crippen LogP contribution in [0.2, 0.25) is 0 Å². The van der Waals surface area contributed by atoms with Crippen LogP contribution in [0.5, 0.6) is 11.5 Å². The molecular formula is C31H42N2O5. The number of fused-ring (bicyclic) bond motifs is 5. The van der Waals surface area contributed by atoms with Crippen molar-refractivity contribution in [3.63, 3.8) is 0 Å². The molecule has 1 aromatic rings. The molecule has 0 saturated heterocycles. The van der Waals surface area contributed by atoms with E-state index in [4.69, 9.17) is 4.84 Å². The van der Waals surface area contributed by atoms with Gasteiger partial charge in [-0.3, -0.25) is 9.59 Å². The average molecular weight is 523 g/mol. The molecule has 0 heterocycles. The van der Waals surface area contributed by atoms with Crippen molar-refractivity contribution < 1.29 is 24.6 Å². The maximum Gasteiger partial charge on any atom is 0.260 e. The SMILES string of the molecule is CC(=O)C1CCC2C3CCC4=CC(=NOCC(=O)NCCc5ccc(O)c(O)c5)CCC4(C)C3CCC12C. The number of Topliss-reactive ketones (excluding diaryl/α,β-unsaturated/α-hetero) is 1. The quantitative estimate of drug-likeness (QED) is 0.333. The van der Waals surface area contributed by atoms with E-state index >= 15 is 0 Å². The lowest BCUT2D eigenvalue weighted by molar-refractivity contribution is -0.128. The molecule has 1 amide bonds. The molecule has 0 bridgehead atoms. The Kier molecular flexibility index (Phi) is 7.31. The number of benzene rings is 1. The number of ketones is 1. The van der Waals surface area contributed by atoms with Crippen LogP contribution in [0.4, 0.5) is 0 Å². The molecule has 0 aromatic heterocycles. The second-order valence-corrected chi connectivity index (χ2v) is 12.6. The van der Waals surface area contributed by atoms with Crippen molar-refractivity contribution in [1.82, 2.24) is 5.32 Å². The minimum Gasteiger partial charge on any atom is -0.504 e.